The largest absolute Gasteiger partial charge is 0.336 e. The summed E-state index contributed by atoms with van der Waals surface area (Å²) in [5.41, 5.74) is 0.509. The zero-order valence-electron chi connectivity index (χ0n) is 10.5. The predicted molar refractivity (Wildman–Crippen MR) is 74.8 cm³/mol. The molecular weight excluding hydrogens is 285 g/mol. The number of piperazine rings is 1. The maximum absolute atomic E-state index is 12.3. The van der Waals surface area contributed by atoms with Crippen molar-refractivity contribution < 1.29 is 4.79 Å². The summed E-state index contributed by atoms with van der Waals surface area (Å²) in [6.45, 7) is 3.47. The predicted octanol–water partition coefficient (Wildman–Crippen LogP) is 2.31. The van der Waals surface area contributed by atoms with Crippen LogP contribution in [0.3, 0.4) is 0 Å². The minimum absolute atomic E-state index is 0.0125. The van der Waals surface area contributed by atoms with E-state index in [1.165, 1.54) is 19.0 Å². The van der Waals surface area contributed by atoms with Crippen LogP contribution in [0.2, 0.25) is 10.2 Å². The van der Waals surface area contributed by atoms with E-state index in [1.54, 1.807) is 6.07 Å². The number of halogens is 2. The lowest BCUT2D eigenvalue weighted by molar-refractivity contribution is 0.0627. The number of hydrogen-bond donors (Lipinski definition) is 0. The fourth-order valence-corrected chi connectivity index (χ4v) is 2.72. The van der Waals surface area contributed by atoms with Crippen molar-refractivity contribution in [3.8, 4) is 0 Å². The van der Waals surface area contributed by atoms with Crippen molar-refractivity contribution in [2.75, 3.05) is 26.2 Å². The number of aromatic nitrogens is 1. The normalized spacial score (nSPS) is 20.6. The standard InChI is InChI=1S/C13H15Cl2N3O/c14-11-7-9(8-16-12(11)15)13(19)18-5-3-17(4-6-18)10-1-2-10/h7-8,10H,1-6H2. The number of nitrogens with zero attached hydrogens (tertiary/aromatic N) is 3. The first-order valence-corrected chi connectivity index (χ1v) is 7.25. The van der Waals surface area contributed by atoms with Crippen molar-refractivity contribution in [2.45, 2.75) is 18.9 Å². The van der Waals surface area contributed by atoms with Gasteiger partial charge in [-0.05, 0) is 18.9 Å². The number of hydrogen-bond acceptors (Lipinski definition) is 3. The molecule has 1 aromatic heterocycles. The summed E-state index contributed by atoms with van der Waals surface area (Å²) in [5, 5.41) is 0.556. The highest BCUT2D eigenvalue weighted by Gasteiger charge is 2.32. The molecule has 4 nitrogen and oxygen atoms in total. The Morgan fingerprint density at radius 1 is 1.21 bits per heavy atom. The molecule has 0 aromatic carbocycles. The third-order valence-corrected chi connectivity index (χ3v) is 4.39. The quantitative estimate of drug-likeness (QED) is 0.786. The van der Waals surface area contributed by atoms with Gasteiger partial charge in [0.05, 0.1) is 10.6 Å². The first-order chi connectivity index (χ1) is 9.15. The number of amides is 1. The van der Waals surface area contributed by atoms with E-state index in [1.807, 2.05) is 4.90 Å². The van der Waals surface area contributed by atoms with Crippen LogP contribution in [-0.2, 0) is 0 Å². The molecule has 1 amide bonds. The van der Waals surface area contributed by atoms with Gasteiger partial charge in [0.1, 0.15) is 5.15 Å². The molecule has 1 saturated carbocycles. The van der Waals surface area contributed by atoms with Crippen LogP contribution in [0.15, 0.2) is 12.3 Å². The summed E-state index contributed by atoms with van der Waals surface area (Å²) in [6, 6.07) is 2.36. The van der Waals surface area contributed by atoms with E-state index < -0.39 is 0 Å². The Kier molecular flexibility index (Phi) is 3.65. The first kappa shape index (κ1) is 13.2. The minimum Gasteiger partial charge on any atom is -0.336 e. The second-order valence-corrected chi connectivity index (χ2v) is 5.82. The monoisotopic (exact) mass is 299 g/mol. The van der Waals surface area contributed by atoms with Crippen molar-refractivity contribution in [3.05, 3.63) is 28.0 Å². The zero-order valence-corrected chi connectivity index (χ0v) is 12.0. The van der Waals surface area contributed by atoms with E-state index in [4.69, 9.17) is 23.2 Å². The molecule has 0 N–H and O–H groups in total. The second kappa shape index (κ2) is 5.27. The summed E-state index contributed by atoms with van der Waals surface area (Å²) in [5.74, 6) is -0.0125. The summed E-state index contributed by atoms with van der Waals surface area (Å²) < 4.78 is 0. The van der Waals surface area contributed by atoms with Crippen LogP contribution >= 0.6 is 23.2 Å². The highest BCUT2D eigenvalue weighted by molar-refractivity contribution is 6.41. The molecule has 0 radical (unpaired) electrons. The Labute approximate surface area is 122 Å². The lowest BCUT2D eigenvalue weighted by atomic mass is 10.2. The molecule has 0 bridgehead atoms. The van der Waals surface area contributed by atoms with Gasteiger partial charge in [-0.25, -0.2) is 4.98 Å². The second-order valence-electron chi connectivity index (χ2n) is 5.06. The Balaban J connectivity index is 1.65. The zero-order chi connectivity index (χ0) is 13.4. The maximum Gasteiger partial charge on any atom is 0.255 e. The smallest absolute Gasteiger partial charge is 0.255 e. The van der Waals surface area contributed by atoms with E-state index in [-0.39, 0.29) is 11.1 Å². The first-order valence-electron chi connectivity index (χ1n) is 6.49. The molecule has 1 aliphatic heterocycles. The molecule has 102 valence electrons. The number of carbonyl (C=O) groups excluding carboxylic acids is 1. The topological polar surface area (TPSA) is 36.4 Å². The van der Waals surface area contributed by atoms with Crippen molar-refractivity contribution >= 4 is 29.1 Å². The van der Waals surface area contributed by atoms with Gasteiger partial charge in [0.2, 0.25) is 0 Å². The van der Waals surface area contributed by atoms with Crippen LogP contribution in [0.5, 0.6) is 0 Å². The van der Waals surface area contributed by atoms with E-state index >= 15 is 0 Å². The molecule has 3 rings (SSSR count). The minimum atomic E-state index is -0.0125. The molecule has 1 saturated heterocycles. The Bertz CT molecular complexity index is 497. The SMILES string of the molecule is O=C(c1cnc(Cl)c(Cl)c1)N1CCN(C2CC2)CC1. The summed E-state index contributed by atoms with van der Waals surface area (Å²) in [4.78, 5) is 20.6. The highest BCUT2D eigenvalue weighted by atomic mass is 35.5. The average molecular weight is 300 g/mol. The summed E-state index contributed by atoms with van der Waals surface area (Å²) >= 11 is 11.7. The molecule has 2 heterocycles. The van der Waals surface area contributed by atoms with Crippen LogP contribution in [0.25, 0.3) is 0 Å². The van der Waals surface area contributed by atoms with E-state index in [0.29, 0.717) is 10.6 Å². The van der Waals surface area contributed by atoms with E-state index in [9.17, 15) is 4.79 Å². The summed E-state index contributed by atoms with van der Waals surface area (Å²) in [7, 11) is 0. The lowest BCUT2D eigenvalue weighted by Crippen LogP contribution is -2.49. The average Bonchev–Trinajstić information content (AvgIpc) is 3.26. The van der Waals surface area contributed by atoms with Crippen molar-refractivity contribution in [1.29, 1.82) is 0 Å². The molecule has 6 heteroatoms. The Morgan fingerprint density at radius 2 is 1.89 bits per heavy atom. The van der Waals surface area contributed by atoms with Crippen LogP contribution in [0.1, 0.15) is 23.2 Å². The molecule has 0 unspecified atom stereocenters. The Morgan fingerprint density at radius 3 is 2.47 bits per heavy atom. The van der Waals surface area contributed by atoms with Crippen LogP contribution in [0, 0.1) is 0 Å². The number of rotatable bonds is 2. The number of pyridine rings is 1. The Hall–Kier alpha value is -0.840. The third kappa shape index (κ3) is 2.86. The van der Waals surface area contributed by atoms with Crippen LogP contribution < -0.4 is 0 Å². The molecular formula is C13H15Cl2N3O. The molecule has 19 heavy (non-hydrogen) atoms. The van der Waals surface area contributed by atoms with Crippen LogP contribution in [0.4, 0.5) is 0 Å². The fraction of sp³-hybridized carbons (Fsp3) is 0.538. The fourth-order valence-electron chi connectivity index (χ4n) is 2.45. The van der Waals surface area contributed by atoms with Crippen LogP contribution in [-0.4, -0.2) is 52.9 Å². The van der Waals surface area contributed by atoms with Crippen molar-refractivity contribution in [3.63, 3.8) is 0 Å². The van der Waals surface area contributed by atoms with Gasteiger partial charge in [-0.3, -0.25) is 9.69 Å². The summed E-state index contributed by atoms with van der Waals surface area (Å²) in [6.07, 6.45) is 4.11. The van der Waals surface area contributed by atoms with Gasteiger partial charge in [-0.2, -0.15) is 0 Å². The van der Waals surface area contributed by atoms with E-state index in [0.717, 1.165) is 32.2 Å². The van der Waals surface area contributed by atoms with Gasteiger partial charge in [0, 0.05) is 38.4 Å². The van der Waals surface area contributed by atoms with Gasteiger partial charge in [0.25, 0.3) is 5.91 Å². The molecule has 2 fully saturated rings. The van der Waals surface area contributed by atoms with Gasteiger partial charge in [-0.15, -0.1) is 0 Å². The number of carbonyl (C=O) groups is 1. The van der Waals surface area contributed by atoms with Gasteiger partial charge < -0.3 is 4.90 Å². The van der Waals surface area contributed by atoms with Crippen molar-refractivity contribution in [1.82, 2.24) is 14.8 Å². The highest BCUT2D eigenvalue weighted by Crippen LogP contribution is 2.28. The third-order valence-electron chi connectivity index (χ3n) is 3.71. The molecule has 0 atom stereocenters. The van der Waals surface area contributed by atoms with E-state index in [2.05, 4.69) is 9.88 Å². The maximum atomic E-state index is 12.3. The van der Waals surface area contributed by atoms with Gasteiger partial charge >= 0.3 is 0 Å². The van der Waals surface area contributed by atoms with Gasteiger partial charge in [-0.1, -0.05) is 23.2 Å². The molecule has 1 aliphatic carbocycles. The molecule has 2 aliphatic rings. The van der Waals surface area contributed by atoms with Crippen molar-refractivity contribution in [2.24, 2.45) is 0 Å². The van der Waals surface area contributed by atoms with Gasteiger partial charge in [0.15, 0.2) is 0 Å². The molecule has 0 spiro atoms. The molecule has 1 aromatic rings. The lowest BCUT2D eigenvalue weighted by Gasteiger charge is -2.34.